The van der Waals surface area contributed by atoms with E-state index >= 15 is 0 Å². The maximum absolute atomic E-state index is 12.0. The van der Waals surface area contributed by atoms with Gasteiger partial charge in [0.1, 0.15) is 0 Å². The average molecular weight is 349 g/mol. The lowest BCUT2D eigenvalue weighted by Gasteiger charge is -2.11. The molecule has 0 aromatic heterocycles. The van der Waals surface area contributed by atoms with Crippen LogP contribution in [0.3, 0.4) is 0 Å². The third kappa shape index (κ3) is 6.37. The van der Waals surface area contributed by atoms with E-state index in [9.17, 15) is 4.79 Å². The minimum Gasteiger partial charge on any atom is -0.493 e. The SMILES string of the molecule is C#CCCCCOc1ccc(/C=C/C(=O)Nc2ccccc2)cc1OC. The van der Waals surface area contributed by atoms with Crippen LogP contribution in [0.5, 0.6) is 11.5 Å². The molecule has 0 saturated heterocycles. The molecular formula is C22H23NO3. The number of methoxy groups -OCH3 is 1. The van der Waals surface area contributed by atoms with Crippen LogP contribution in [0.2, 0.25) is 0 Å². The van der Waals surface area contributed by atoms with Crippen molar-refractivity contribution in [1.29, 1.82) is 0 Å². The summed E-state index contributed by atoms with van der Waals surface area (Å²) in [6.07, 6.45) is 11.1. The van der Waals surface area contributed by atoms with Crippen LogP contribution in [0.1, 0.15) is 24.8 Å². The van der Waals surface area contributed by atoms with Crippen molar-refractivity contribution in [3.63, 3.8) is 0 Å². The maximum atomic E-state index is 12.0. The van der Waals surface area contributed by atoms with Gasteiger partial charge in [-0.1, -0.05) is 24.3 Å². The zero-order valence-electron chi connectivity index (χ0n) is 14.9. The summed E-state index contributed by atoms with van der Waals surface area (Å²) < 4.78 is 11.1. The highest BCUT2D eigenvalue weighted by atomic mass is 16.5. The molecule has 134 valence electrons. The number of carbonyl (C=O) groups excluding carboxylic acids is 1. The molecular weight excluding hydrogens is 326 g/mol. The first-order valence-corrected chi connectivity index (χ1v) is 8.51. The minimum absolute atomic E-state index is 0.191. The zero-order chi connectivity index (χ0) is 18.6. The Bertz CT molecular complexity index is 776. The quantitative estimate of drug-likeness (QED) is 0.411. The van der Waals surface area contributed by atoms with E-state index in [4.69, 9.17) is 15.9 Å². The lowest BCUT2D eigenvalue weighted by Crippen LogP contribution is -2.07. The Balaban J connectivity index is 1.93. The number of benzene rings is 2. The first kappa shape index (κ1) is 19.1. The number of rotatable bonds is 9. The van der Waals surface area contributed by atoms with E-state index in [1.807, 2.05) is 48.5 Å². The summed E-state index contributed by atoms with van der Waals surface area (Å²) in [6, 6.07) is 14.9. The topological polar surface area (TPSA) is 47.6 Å². The summed E-state index contributed by atoms with van der Waals surface area (Å²) in [4.78, 5) is 12.0. The maximum Gasteiger partial charge on any atom is 0.248 e. The van der Waals surface area contributed by atoms with Gasteiger partial charge in [-0.25, -0.2) is 0 Å². The average Bonchev–Trinajstić information content (AvgIpc) is 2.67. The van der Waals surface area contributed by atoms with Gasteiger partial charge in [0.2, 0.25) is 5.91 Å². The summed E-state index contributed by atoms with van der Waals surface area (Å²) in [7, 11) is 1.59. The fourth-order valence-electron chi connectivity index (χ4n) is 2.30. The molecule has 0 fully saturated rings. The summed E-state index contributed by atoms with van der Waals surface area (Å²) in [5, 5.41) is 2.80. The highest BCUT2D eigenvalue weighted by molar-refractivity contribution is 6.01. The van der Waals surface area contributed by atoms with Crippen molar-refractivity contribution in [3.8, 4) is 23.8 Å². The third-order valence-corrected chi connectivity index (χ3v) is 3.63. The number of hydrogen-bond donors (Lipinski definition) is 1. The van der Waals surface area contributed by atoms with E-state index in [0.717, 1.165) is 30.5 Å². The van der Waals surface area contributed by atoms with Crippen LogP contribution in [-0.2, 0) is 4.79 Å². The zero-order valence-corrected chi connectivity index (χ0v) is 14.9. The molecule has 0 atom stereocenters. The second-order valence-electron chi connectivity index (χ2n) is 5.61. The fourth-order valence-corrected chi connectivity index (χ4v) is 2.30. The van der Waals surface area contributed by atoms with Gasteiger partial charge in [-0.05, 0) is 48.7 Å². The van der Waals surface area contributed by atoms with E-state index in [2.05, 4.69) is 11.2 Å². The first-order valence-electron chi connectivity index (χ1n) is 8.51. The molecule has 0 aliphatic rings. The van der Waals surface area contributed by atoms with Gasteiger partial charge in [-0.3, -0.25) is 4.79 Å². The summed E-state index contributed by atoms with van der Waals surface area (Å²) in [5.74, 6) is 3.74. The van der Waals surface area contributed by atoms with Crippen molar-refractivity contribution >= 4 is 17.7 Å². The van der Waals surface area contributed by atoms with Gasteiger partial charge in [-0.2, -0.15) is 0 Å². The largest absolute Gasteiger partial charge is 0.493 e. The van der Waals surface area contributed by atoms with E-state index in [0.29, 0.717) is 18.1 Å². The molecule has 0 saturated carbocycles. The first-order chi connectivity index (χ1) is 12.7. The Morgan fingerprint density at radius 2 is 1.96 bits per heavy atom. The highest BCUT2D eigenvalue weighted by Gasteiger charge is 2.05. The number of terminal acetylenes is 1. The lowest BCUT2D eigenvalue weighted by atomic mass is 10.2. The molecule has 0 radical (unpaired) electrons. The van der Waals surface area contributed by atoms with Gasteiger partial charge in [0.05, 0.1) is 13.7 Å². The Kier molecular flexibility index (Phi) is 7.82. The normalized spacial score (nSPS) is 10.3. The standard InChI is InChI=1S/C22H23NO3/c1-3-4-5-9-16-26-20-14-12-18(17-21(20)25-2)13-15-22(24)23-19-10-7-6-8-11-19/h1,6-8,10-15,17H,4-5,9,16H2,2H3,(H,23,24)/b15-13+. The molecule has 0 bridgehead atoms. The van der Waals surface area contributed by atoms with Crippen molar-refractivity contribution in [3.05, 3.63) is 60.2 Å². The number of para-hydroxylation sites is 1. The van der Waals surface area contributed by atoms with Gasteiger partial charge in [-0.15, -0.1) is 12.3 Å². The Labute approximate surface area is 154 Å². The van der Waals surface area contributed by atoms with E-state index in [1.54, 1.807) is 13.2 Å². The highest BCUT2D eigenvalue weighted by Crippen LogP contribution is 2.28. The predicted octanol–water partition coefficient (Wildman–Crippen LogP) is 4.53. The van der Waals surface area contributed by atoms with Crippen LogP contribution < -0.4 is 14.8 Å². The number of carbonyl (C=O) groups is 1. The molecule has 0 spiro atoms. The molecule has 4 nitrogen and oxygen atoms in total. The smallest absolute Gasteiger partial charge is 0.248 e. The van der Waals surface area contributed by atoms with Crippen molar-refractivity contribution < 1.29 is 14.3 Å². The number of unbranched alkanes of at least 4 members (excludes halogenated alkanes) is 2. The summed E-state index contributed by atoms with van der Waals surface area (Å²) in [6.45, 7) is 0.590. The van der Waals surface area contributed by atoms with Gasteiger partial charge < -0.3 is 14.8 Å². The second-order valence-corrected chi connectivity index (χ2v) is 5.61. The van der Waals surface area contributed by atoms with Gasteiger partial charge >= 0.3 is 0 Å². The van der Waals surface area contributed by atoms with Crippen LogP contribution >= 0.6 is 0 Å². The minimum atomic E-state index is -0.191. The van der Waals surface area contributed by atoms with Crippen molar-refractivity contribution in [2.45, 2.75) is 19.3 Å². The van der Waals surface area contributed by atoms with Crippen LogP contribution in [0.15, 0.2) is 54.6 Å². The molecule has 0 aliphatic carbocycles. The number of ether oxygens (including phenoxy) is 2. The van der Waals surface area contributed by atoms with Crippen molar-refractivity contribution in [2.24, 2.45) is 0 Å². The Hall–Kier alpha value is -3.19. The summed E-state index contributed by atoms with van der Waals surface area (Å²) >= 11 is 0. The van der Waals surface area contributed by atoms with Gasteiger partial charge in [0, 0.05) is 18.2 Å². The third-order valence-electron chi connectivity index (χ3n) is 3.63. The molecule has 2 aromatic rings. The number of amides is 1. The van der Waals surface area contributed by atoms with Crippen LogP contribution in [0, 0.1) is 12.3 Å². The molecule has 2 rings (SSSR count). The lowest BCUT2D eigenvalue weighted by molar-refractivity contribution is -0.111. The fraction of sp³-hybridized carbons (Fsp3) is 0.227. The van der Waals surface area contributed by atoms with Gasteiger partial charge in [0.25, 0.3) is 0 Å². The van der Waals surface area contributed by atoms with Crippen LogP contribution in [0.25, 0.3) is 6.08 Å². The van der Waals surface area contributed by atoms with E-state index in [1.165, 1.54) is 6.08 Å². The molecule has 26 heavy (non-hydrogen) atoms. The molecule has 2 aromatic carbocycles. The Morgan fingerprint density at radius 3 is 2.69 bits per heavy atom. The molecule has 0 aliphatic heterocycles. The summed E-state index contributed by atoms with van der Waals surface area (Å²) in [5.41, 5.74) is 1.61. The van der Waals surface area contributed by atoms with E-state index < -0.39 is 0 Å². The predicted molar refractivity (Wildman–Crippen MR) is 105 cm³/mol. The van der Waals surface area contributed by atoms with Crippen molar-refractivity contribution in [1.82, 2.24) is 0 Å². The van der Waals surface area contributed by atoms with Gasteiger partial charge in [0.15, 0.2) is 11.5 Å². The van der Waals surface area contributed by atoms with E-state index in [-0.39, 0.29) is 5.91 Å². The van der Waals surface area contributed by atoms with Crippen LogP contribution in [0.4, 0.5) is 5.69 Å². The number of nitrogens with one attached hydrogen (secondary N) is 1. The molecule has 1 amide bonds. The second kappa shape index (κ2) is 10.6. The number of anilines is 1. The molecule has 4 heteroatoms. The molecule has 0 heterocycles. The van der Waals surface area contributed by atoms with Crippen LogP contribution in [-0.4, -0.2) is 19.6 Å². The Morgan fingerprint density at radius 1 is 1.15 bits per heavy atom. The number of hydrogen-bond acceptors (Lipinski definition) is 3. The molecule has 0 unspecified atom stereocenters. The monoisotopic (exact) mass is 349 g/mol. The van der Waals surface area contributed by atoms with Crippen molar-refractivity contribution in [2.75, 3.05) is 19.0 Å². The molecule has 1 N–H and O–H groups in total.